The molecular weight excluding hydrogens is 338 g/mol. The van der Waals surface area contributed by atoms with E-state index in [1.807, 2.05) is 27.7 Å². The maximum absolute atomic E-state index is 11.2. The molecule has 0 fully saturated rings. The van der Waals surface area contributed by atoms with Crippen molar-refractivity contribution in [2.45, 2.75) is 142 Å². The molecule has 0 saturated carbocycles. The molecule has 0 aromatic heterocycles. The Morgan fingerprint density at radius 2 is 1.26 bits per heavy atom. The first-order valence-corrected chi connectivity index (χ1v) is 11.4. The molecule has 0 aliphatic carbocycles. The molecule has 0 aliphatic rings. The first-order valence-electron chi connectivity index (χ1n) is 11.4. The number of unbranched alkanes of at least 4 members (excludes halogenated alkanes) is 12. The molecule has 0 rings (SSSR count). The van der Waals surface area contributed by atoms with E-state index < -0.39 is 11.7 Å². The fourth-order valence-electron chi connectivity index (χ4n) is 3.30. The predicted octanol–water partition coefficient (Wildman–Crippen LogP) is 6.41. The van der Waals surface area contributed by atoms with E-state index in [1.165, 1.54) is 75.7 Å². The van der Waals surface area contributed by atoms with Crippen molar-refractivity contribution in [3.05, 3.63) is 0 Å². The minimum atomic E-state index is -0.537. The fourth-order valence-corrected chi connectivity index (χ4v) is 3.30. The maximum atomic E-state index is 11.2. The van der Waals surface area contributed by atoms with Gasteiger partial charge in [-0.05, 0) is 34.1 Å². The summed E-state index contributed by atoms with van der Waals surface area (Å²) < 4.78 is 0. The van der Waals surface area contributed by atoms with E-state index in [4.69, 9.17) is 4.84 Å². The Labute approximate surface area is 169 Å². The highest BCUT2D eigenvalue weighted by Crippen LogP contribution is 2.17. The SMILES string of the molecule is CCCCCCCCCCCCCCC[C@@H](O)[C@H](C)N(C=O)OC(C)(C)C. The Morgan fingerprint density at radius 3 is 1.63 bits per heavy atom. The van der Waals surface area contributed by atoms with Gasteiger partial charge in [-0.25, -0.2) is 5.06 Å². The van der Waals surface area contributed by atoms with Gasteiger partial charge < -0.3 is 5.11 Å². The molecule has 0 bridgehead atoms. The lowest BCUT2D eigenvalue weighted by Crippen LogP contribution is -2.44. The minimum absolute atomic E-state index is 0.320. The van der Waals surface area contributed by atoms with E-state index in [2.05, 4.69) is 6.92 Å². The first-order chi connectivity index (χ1) is 12.8. The number of hydrogen-bond acceptors (Lipinski definition) is 3. The number of aliphatic hydroxyl groups excluding tert-OH is 1. The molecule has 1 N–H and O–H groups in total. The van der Waals surface area contributed by atoms with E-state index in [1.54, 1.807) is 0 Å². The topological polar surface area (TPSA) is 49.8 Å². The monoisotopic (exact) mass is 385 g/mol. The summed E-state index contributed by atoms with van der Waals surface area (Å²) in [5, 5.41) is 11.6. The Morgan fingerprint density at radius 1 is 0.852 bits per heavy atom. The number of hydrogen-bond donors (Lipinski definition) is 1. The first kappa shape index (κ1) is 26.4. The molecule has 0 aliphatic heterocycles. The zero-order valence-corrected chi connectivity index (χ0v) is 18.8. The van der Waals surface area contributed by atoms with Crippen molar-refractivity contribution in [3.63, 3.8) is 0 Å². The number of carbonyl (C=O) groups excluding carboxylic acids is 1. The molecular formula is C23H47NO3. The van der Waals surface area contributed by atoms with Gasteiger partial charge in [0.15, 0.2) is 0 Å². The van der Waals surface area contributed by atoms with Gasteiger partial charge in [-0.1, -0.05) is 90.4 Å². The summed E-state index contributed by atoms with van der Waals surface area (Å²) in [6.45, 7) is 9.80. The summed E-state index contributed by atoms with van der Waals surface area (Å²) in [6.07, 6.45) is 18.0. The van der Waals surface area contributed by atoms with Crippen molar-refractivity contribution in [2.75, 3.05) is 0 Å². The second-order valence-corrected chi connectivity index (χ2v) is 9.01. The number of amides is 1. The van der Waals surface area contributed by atoms with E-state index in [0.29, 0.717) is 6.41 Å². The van der Waals surface area contributed by atoms with E-state index in [-0.39, 0.29) is 6.04 Å². The second-order valence-electron chi connectivity index (χ2n) is 9.01. The summed E-state index contributed by atoms with van der Waals surface area (Å²) in [4.78, 5) is 16.8. The van der Waals surface area contributed by atoms with Crippen molar-refractivity contribution in [1.82, 2.24) is 5.06 Å². The summed E-state index contributed by atoms with van der Waals surface area (Å²) in [5.74, 6) is 0. The van der Waals surface area contributed by atoms with Gasteiger partial charge in [-0.15, -0.1) is 0 Å². The van der Waals surface area contributed by atoms with Crippen LogP contribution in [0, 0.1) is 0 Å². The normalized spacial score (nSPS) is 14.1. The van der Waals surface area contributed by atoms with Crippen LogP contribution >= 0.6 is 0 Å². The molecule has 27 heavy (non-hydrogen) atoms. The number of hydroxylamine groups is 2. The number of carbonyl (C=O) groups is 1. The summed E-state index contributed by atoms with van der Waals surface area (Å²) in [7, 11) is 0. The highest BCUT2D eigenvalue weighted by atomic mass is 16.7. The summed E-state index contributed by atoms with van der Waals surface area (Å²) in [6, 6.07) is -0.320. The van der Waals surface area contributed by atoms with Crippen LogP contribution in [0.2, 0.25) is 0 Å². The Kier molecular flexibility index (Phi) is 16.0. The van der Waals surface area contributed by atoms with Crippen LogP contribution < -0.4 is 0 Å². The molecule has 2 atom stereocenters. The fraction of sp³-hybridized carbons (Fsp3) is 0.957. The van der Waals surface area contributed by atoms with Crippen LogP contribution in [0.5, 0.6) is 0 Å². The molecule has 0 unspecified atom stereocenters. The number of rotatable bonds is 18. The van der Waals surface area contributed by atoms with Gasteiger partial charge in [-0.3, -0.25) is 9.63 Å². The van der Waals surface area contributed by atoms with Crippen molar-refractivity contribution in [3.8, 4) is 0 Å². The summed E-state index contributed by atoms with van der Waals surface area (Å²) in [5.41, 5.74) is -0.440. The van der Waals surface area contributed by atoms with Gasteiger partial charge in [-0.2, -0.15) is 0 Å². The van der Waals surface area contributed by atoms with Gasteiger partial charge in [0.2, 0.25) is 6.41 Å². The number of aliphatic hydroxyl groups is 1. The van der Waals surface area contributed by atoms with Crippen LogP contribution in [0.4, 0.5) is 0 Å². The third kappa shape index (κ3) is 16.1. The second kappa shape index (κ2) is 16.4. The predicted molar refractivity (Wildman–Crippen MR) is 115 cm³/mol. The number of nitrogens with zero attached hydrogens (tertiary/aromatic N) is 1. The van der Waals surface area contributed by atoms with Crippen LogP contribution in [0.15, 0.2) is 0 Å². The average Bonchev–Trinajstić information content (AvgIpc) is 2.62. The van der Waals surface area contributed by atoms with Gasteiger partial charge in [0.25, 0.3) is 0 Å². The van der Waals surface area contributed by atoms with E-state index in [9.17, 15) is 9.90 Å². The molecule has 0 spiro atoms. The van der Waals surface area contributed by atoms with Crippen molar-refractivity contribution >= 4 is 6.41 Å². The third-order valence-corrected chi connectivity index (χ3v) is 5.04. The highest BCUT2D eigenvalue weighted by molar-refractivity contribution is 5.45. The molecule has 0 saturated heterocycles. The van der Waals surface area contributed by atoms with Gasteiger partial charge in [0.05, 0.1) is 17.7 Å². The smallest absolute Gasteiger partial charge is 0.233 e. The largest absolute Gasteiger partial charge is 0.391 e. The maximum Gasteiger partial charge on any atom is 0.233 e. The average molecular weight is 386 g/mol. The molecule has 0 aromatic rings. The molecule has 4 heteroatoms. The van der Waals surface area contributed by atoms with Crippen LogP contribution in [-0.4, -0.2) is 34.3 Å². The zero-order chi connectivity index (χ0) is 20.5. The van der Waals surface area contributed by atoms with Crippen molar-refractivity contribution < 1.29 is 14.7 Å². The van der Waals surface area contributed by atoms with Crippen LogP contribution in [-0.2, 0) is 9.63 Å². The lowest BCUT2D eigenvalue weighted by atomic mass is 10.0. The van der Waals surface area contributed by atoms with Gasteiger partial charge >= 0.3 is 0 Å². The molecule has 0 radical (unpaired) electrons. The lowest BCUT2D eigenvalue weighted by molar-refractivity contribution is -0.240. The Bertz CT molecular complexity index is 341. The van der Waals surface area contributed by atoms with Crippen LogP contribution in [0.1, 0.15) is 125 Å². The lowest BCUT2D eigenvalue weighted by Gasteiger charge is -2.33. The van der Waals surface area contributed by atoms with E-state index in [0.717, 1.165) is 19.3 Å². The standard InChI is InChI=1S/C23H47NO3/c1-6-7-8-9-10-11-12-13-14-15-16-17-18-19-22(26)21(2)24(20-25)27-23(3,4)5/h20-22,26H,6-19H2,1-5H3/t21-,22+/m0/s1. The molecule has 0 aromatic carbocycles. The highest BCUT2D eigenvalue weighted by Gasteiger charge is 2.25. The van der Waals surface area contributed by atoms with E-state index >= 15 is 0 Å². The minimum Gasteiger partial charge on any atom is -0.391 e. The quantitative estimate of drug-likeness (QED) is 0.169. The Balaban J connectivity index is 3.59. The van der Waals surface area contributed by atoms with Crippen molar-refractivity contribution in [1.29, 1.82) is 0 Å². The molecule has 4 nitrogen and oxygen atoms in total. The molecule has 162 valence electrons. The van der Waals surface area contributed by atoms with Crippen LogP contribution in [0.3, 0.4) is 0 Å². The van der Waals surface area contributed by atoms with Gasteiger partial charge in [0, 0.05) is 0 Å². The summed E-state index contributed by atoms with van der Waals surface area (Å²) >= 11 is 0. The Hall–Kier alpha value is -0.610. The molecule has 1 amide bonds. The molecule has 0 heterocycles. The third-order valence-electron chi connectivity index (χ3n) is 5.04. The van der Waals surface area contributed by atoms with Crippen molar-refractivity contribution in [2.24, 2.45) is 0 Å². The zero-order valence-electron chi connectivity index (χ0n) is 18.8. The van der Waals surface area contributed by atoms with Gasteiger partial charge in [0.1, 0.15) is 0 Å². The van der Waals surface area contributed by atoms with Crippen LogP contribution in [0.25, 0.3) is 0 Å².